The van der Waals surface area contributed by atoms with Gasteiger partial charge in [-0.2, -0.15) is 12.6 Å². The van der Waals surface area contributed by atoms with Gasteiger partial charge in [0.15, 0.2) is 0 Å². The molecule has 2 N–H and O–H groups in total. The lowest BCUT2D eigenvalue weighted by Crippen LogP contribution is -2.34. The van der Waals surface area contributed by atoms with Crippen LogP contribution in [0.3, 0.4) is 0 Å². The summed E-state index contributed by atoms with van der Waals surface area (Å²) in [6, 6.07) is 0. The van der Waals surface area contributed by atoms with Gasteiger partial charge in [0.05, 0.1) is 0 Å². The zero-order valence-corrected chi connectivity index (χ0v) is 34.5. The maximum Gasteiger partial charge on any atom is 0.0105 e. The van der Waals surface area contributed by atoms with Crippen molar-refractivity contribution in [2.24, 2.45) is 23.5 Å². The normalized spacial score (nSPS) is 14.3. The van der Waals surface area contributed by atoms with Crippen molar-refractivity contribution < 1.29 is 0 Å². The van der Waals surface area contributed by atoms with E-state index in [4.69, 9.17) is 18.4 Å². The van der Waals surface area contributed by atoms with Gasteiger partial charge in [-0.25, -0.2) is 0 Å². The maximum atomic E-state index is 5.96. The van der Waals surface area contributed by atoms with Crippen molar-refractivity contribution in [3.05, 3.63) is 12.2 Å². The minimum atomic E-state index is 0.0766. The van der Waals surface area contributed by atoms with Crippen molar-refractivity contribution in [1.29, 1.82) is 0 Å². The average Bonchev–Trinajstić information content (AvgIpc) is 3.01. The molecule has 3 unspecified atom stereocenters. The highest BCUT2D eigenvalue weighted by Gasteiger charge is 2.21. The van der Waals surface area contributed by atoms with Crippen molar-refractivity contribution >= 4 is 12.6 Å². The van der Waals surface area contributed by atoms with Crippen LogP contribution in [0.2, 0.25) is 0 Å². The fourth-order valence-electron chi connectivity index (χ4n) is 7.05. The Morgan fingerprint density at radius 2 is 0.979 bits per heavy atom. The van der Waals surface area contributed by atoms with Crippen molar-refractivity contribution in [1.82, 2.24) is 9.80 Å². The molecule has 0 aliphatic rings. The molecule has 3 atom stereocenters. The minimum Gasteiger partial charge on any atom is -0.329 e. The third-order valence-electron chi connectivity index (χ3n) is 10.8. The number of unbranched alkanes of at least 4 members (excludes halogenated alkanes) is 14. The second-order valence-electron chi connectivity index (χ2n) is 16.4. The maximum absolute atomic E-state index is 5.96. The summed E-state index contributed by atoms with van der Waals surface area (Å²) in [6.07, 6.45) is 31.5. The summed E-state index contributed by atoms with van der Waals surface area (Å²) in [6.45, 7) is 28.7. The number of hydrogen-bond acceptors (Lipinski definition) is 4. The summed E-state index contributed by atoms with van der Waals surface area (Å²) in [5.74, 6) is 2.20. The molecule has 0 saturated carbocycles. The number of thiol groups is 1. The Morgan fingerprint density at radius 1 is 0.574 bits per heavy atom. The molecule has 0 saturated heterocycles. The quantitative estimate of drug-likeness (QED) is 0.0393. The molecule has 3 nitrogen and oxygen atoms in total. The Labute approximate surface area is 303 Å². The van der Waals surface area contributed by atoms with Gasteiger partial charge >= 0.3 is 0 Å². The van der Waals surface area contributed by atoms with Crippen LogP contribution in [0.1, 0.15) is 196 Å². The Hall–Kier alpha value is -0.0300. The van der Waals surface area contributed by atoms with Gasteiger partial charge in [0.25, 0.3) is 0 Å². The molecule has 0 heterocycles. The largest absolute Gasteiger partial charge is 0.329 e. The van der Waals surface area contributed by atoms with E-state index < -0.39 is 0 Å². The number of allylic oxidation sites excluding steroid dienone is 1. The highest BCUT2D eigenvalue weighted by molar-refractivity contribution is 7.81. The second kappa shape index (κ2) is 31.9. The van der Waals surface area contributed by atoms with E-state index in [-0.39, 0.29) is 4.75 Å². The van der Waals surface area contributed by atoms with Gasteiger partial charge in [0, 0.05) is 30.9 Å². The van der Waals surface area contributed by atoms with Crippen molar-refractivity contribution in [3.8, 4) is 0 Å². The zero-order valence-electron chi connectivity index (χ0n) is 33.6. The predicted octanol–water partition coefficient (Wildman–Crippen LogP) is 12.7. The van der Waals surface area contributed by atoms with Crippen LogP contribution in [0, 0.1) is 17.8 Å². The second-order valence-corrected chi connectivity index (χ2v) is 17.6. The molecule has 0 bridgehead atoms. The molecule has 0 aromatic heterocycles. The highest BCUT2D eigenvalue weighted by atomic mass is 32.1. The number of hydrogen-bond donors (Lipinski definition) is 2. The highest BCUT2D eigenvalue weighted by Crippen LogP contribution is 2.26. The van der Waals surface area contributed by atoms with Crippen LogP contribution < -0.4 is 5.73 Å². The number of nitrogens with zero attached hydrogens (tertiary/aromatic N) is 2. The molecular weight excluding hydrogens is 591 g/mol. The van der Waals surface area contributed by atoms with Gasteiger partial charge in [-0.3, -0.25) is 0 Å². The monoisotopic (exact) mass is 680 g/mol. The molecule has 0 fully saturated rings. The Kier molecular flexibility index (Phi) is 31.9. The summed E-state index contributed by atoms with van der Waals surface area (Å²) >= 11 is 4.80. The fourth-order valence-corrected chi connectivity index (χ4v) is 7.18. The van der Waals surface area contributed by atoms with Gasteiger partial charge in [0.2, 0.25) is 0 Å². The van der Waals surface area contributed by atoms with Crippen LogP contribution in [-0.2, 0) is 0 Å². The Morgan fingerprint density at radius 3 is 1.38 bits per heavy atom. The molecule has 0 rings (SSSR count). The van der Waals surface area contributed by atoms with E-state index in [9.17, 15) is 0 Å². The molecule has 0 aliphatic carbocycles. The van der Waals surface area contributed by atoms with Crippen LogP contribution in [0.5, 0.6) is 0 Å². The van der Waals surface area contributed by atoms with Crippen LogP contribution in [0.4, 0.5) is 0 Å². The van der Waals surface area contributed by atoms with E-state index in [0.717, 1.165) is 44.4 Å². The van der Waals surface area contributed by atoms with Crippen LogP contribution in [0.15, 0.2) is 12.2 Å². The lowest BCUT2D eigenvalue weighted by molar-refractivity contribution is 0.195. The number of nitrogens with two attached hydrogens (primary N) is 1. The van der Waals surface area contributed by atoms with Gasteiger partial charge in [-0.1, -0.05) is 163 Å². The number of rotatable bonds is 36. The van der Waals surface area contributed by atoms with E-state index >= 15 is 0 Å². The van der Waals surface area contributed by atoms with Gasteiger partial charge in [-0.15, -0.1) is 0 Å². The minimum absolute atomic E-state index is 0.0766. The molecule has 0 aliphatic heterocycles. The summed E-state index contributed by atoms with van der Waals surface area (Å²) in [5, 5.41) is 0. The van der Waals surface area contributed by atoms with E-state index in [1.807, 2.05) is 0 Å². The molecular formula is C43H89N3S. The molecule has 0 spiro atoms. The first-order valence-electron chi connectivity index (χ1n) is 21.1. The SMILES string of the molecule is C=C(CCCN(CCN)CCC(C)C(C)(C)S)CCCN(CC(C)CCCCCCCCCC)CC(C)CCCCCCCCCC. The van der Waals surface area contributed by atoms with Crippen molar-refractivity contribution in [2.75, 3.05) is 45.8 Å². The third kappa shape index (κ3) is 30.5. The Bertz CT molecular complexity index is 646. The van der Waals surface area contributed by atoms with E-state index in [1.54, 1.807) is 0 Å². The van der Waals surface area contributed by atoms with Gasteiger partial charge in [0.1, 0.15) is 0 Å². The van der Waals surface area contributed by atoms with E-state index in [1.165, 1.54) is 166 Å². The standard InChI is InChI=1S/C43H89N3S/c1-9-11-13-15-17-19-21-23-27-40(4)37-46(38-41(5)28-24-22-20-18-16-14-12-10-2)34-26-30-39(3)29-25-33-45(36-32-44)35-31-42(6)43(7,8)47/h40-42,47H,3,9-38,44H2,1-2,4-8H3. The molecule has 47 heavy (non-hydrogen) atoms. The molecule has 0 aromatic rings. The molecule has 282 valence electrons. The average molecular weight is 680 g/mol. The summed E-state index contributed by atoms with van der Waals surface area (Å²) in [4.78, 5) is 5.40. The van der Waals surface area contributed by atoms with Gasteiger partial charge in [-0.05, 0) is 82.3 Å². The first kappa shape index (κ1) is 47.0. The first-order chi connectivity index (χ1) is 22.5. The Balaban J connectivity index is 4.62. The third-order valence-corrected chi connectivity index (χ3v) is 11.2. The summed E-state index contributed by atoms with van der Waals surface area (Å²) in [7, 11) is 0. The lowest BCUT2D eigenvalue weighted by atomic mass is 9.93. The van der Waals surface area contributed by atoms with Crippen molar-refractivity contribution in [3.63, 3.8) is 0 Å². The van der Waals surface area contributed by atoms with E-state index in [0.29, 0.717) is 5.92 Å². The van der Waals surface area contributed by atoms with Crippen LogP contribution in [0.25, 0.3) is 0 Å². The molecule has 0 amide bonds. The zero-order chi connectivity index (χ0) is 35.2. The summed E-state index contributed by atoms with van der Waals surface area (Å²) < 4.78 is 0.0766. The van der Waals surface area contributed by atoms with E-state index in [2.05, 4.69) is 64.8 Å². The molecule has 4 heteroatoms. The first-order valence-corrected chi connectivity index (χ1v) is 21.5. The molecule has 0 radical (unpaired) electrons. The fraction of sp³-hybridized carbons (Fsp3) is 0.953. The van der Waals surface area contributed by atoms with Crippen LogP contribution >= 0.6 is 12.6 Å². The topological polar surface area (TPSA) is 32.5 Å². The predicted molar refractivity (Wildman–Crippen MR) is 219 cm³/mol. The van der Waals surface area contributed by atoms with Crippen molar-refractivity contribution in [2.45, 2.75) is 201 Å². The lowest BCUT2D eigenvalue weighted by Gasteiger charge is -2.29. The molecule has 0 aromatic carbocycles. The smallest absolute Gasteiger partial charge is 0.0105 e. The van der Waals surface area contributed by atoms with Gasteiger partial charge < -0.3 is 15.5 Å². The summed E-state index contributed by atoms with van der Waals surface area (Å²) in [5.41, 5.74) is 7.40. The van der Waals surface area contributed by atoms with Crippen LogP contribution in [-0.4, -0.2) is 60.4 Å².